The molecular weight excluding hydrogens is 379 g/mol. The van der Waals surface area contributed by atoms with Crippen molar-refractivity contribution in [2.24, 2.45) is 0 Å². The average Bonchev–Trinajstić information content (AvgIpc) is 3.05. The Morgan fingerprint density at radius 3 is 2.48 bits per heavy atom. The van der Waals surface area contributed by atoms with Gasteiger partial charge in [-0.05, 0) is 24.6 Å². The second-order valence-corrected chi connectivity index (χ2v) is 8.55. The third-order valence-corrected chi connectivity index (χ3v) is 7.02. The summed E-state index contributed by atoms with van der Waals surface area (Å²) in [6.45, 7) is 3.93. The SMILES string of the molecule is O=S(=O)(c1cc(C(F)(F)F)ccc1Cl)N1CCC(N2CCNCC2)C1. The topological polar surface area (TPSA) is 52.7 Å². The van der Waals surface area contributed by atoms with E-state index in [-0.39, 0.29) is 24.2 Å². The maximum absolute atomic E-state index is 12.9. The van der Waals surface area contributed by atoms with Gasteiger partial charge in [0.1, 0.15) is 4.90 Å². The van der Waals surface area contributed by atoms with Gasteiger partial charge in [0.2, 0.25) is 10.0 Å². The second kappa shape index (κ2) is 7.03. The first-order valence-corrected chi connectivity index (χ1v) is 9.83. The van der Waals surface area contributed by atoms with E-state index in [0.717, 1.165) is 38.3 Å². The van der Waals surface area contributed by atoms with Crippen LogP contribution in [0.1, 0.15) is 12.0 Å². The van der Waals surface area contributed by atoms with Crippen LogP contribution in [0.15, 0.2) is 23.1 Å². The third-order valence-electron chi connectivity index (χ3n) is 4.67. The summed E-state index contributed by atoms with van der Waals surface area (Å²) in [6.07, 6.45) is -3.96. The molecule has 0 radical (unpaired) electrons. The van der Waals surface area contributed by atoms with Crippen molar-refractivity contribution in [3.05, 3.63) is 28.8 Å². The van der Waals surface area contributed by atoms with Crippen LogP contribution in [-0.2, 0) is 16.2 Å². The zero-order chi connectivity index (χ0) is 18.2. The Labute approximate surface area is 149 Å². The minimum atomic E-state index is -4.62. The fourth-order valence-electron chi connectivity index (χ4n) is 3.29. The van der Waals surface area contributed by atoms with Crippen molar-refractivity contribution >= 4 is 21.6 Å². The van der Waals surface area contributed by atoms with Crippen LogP contribution >= 0.6 is 11.6 Å². The first kappa shape index (κ1) is 18.9. The summed E-state index contributed by atoms with van der Waals surface area (Å²) in [6, 6.07) is 2.48. The van der Waals surface area contributed by atoms with E-state index in [0.29, 0.717) is 12.5 Å². The van der Waals surface area contributed by atoms with Gasteiger partial charge >= 0.3 is 6.18 Å². The zero-order valence-corrected chi connectivity index (χ0v) is 15.0. The van der Waals surface area contributed by atoms with Crippen molar-refractivity contribution in [1.82, 2.24) is 14.5 Å². The molecule has 1 atom stereocenters. The van der Waals surface area contributed by atoms with E-state index in [1.807, 2.05) is 0 Å². The van der Waals surface area contributed by atoms with Gasteiger partial charge in [-0.25, -0.2) is 8.42 Å². The summed E-state index contributed by atoms with van der Waals surface area (Å²) in [5.74, 6) is 0. The van der Waals surface area contributed by atoms with Crippen molar-refractivity contribution in [3.63, 3.8) is 0 Å². The van der Waals surface area contributed by atoms with Gasteiger partial charge in [-0.15, -0.1) is 0 Å². The molecule has 0 spiro atoms. The van der Waals surface area contributed by atoms with Crippen molar-refractivity contribution < 1.29 is 21.6 Å². The quantitative estimate of drug-likeness (QED) is 0.848. The van der Waals surface area contributed by atoms with E-state index < -0.39 is 26.7 Å². The van der Waals surface area contributed by atoms with E-state index in [1.54, 1.807) is 0 Å². The van der Waals surface area contributed by atoms with Crippen molar-refractivity contribution in [1.29, 1.82) is 0 Å². The highest BCUT2D eigenvalue weighted by Crippen LogP contribution is 2.35. The molecule has 3 rings (SSSR count). The Kier molecular flexibility index (Phi) is 5.32. The number of sulfonamides is 1. The van der Waals surface area contributed by atoms with Crippen LogP contribution in [0.4, 0.5) is 13.2 Å². The molecule has 2 aliphatic heterocycles. The lowest BCUT2D eigenvalue weighted by Gasteiger charge is -2.32. The maximum atomic E-state index is 12.9. The summed E-state index contributed by atoms with van der Waals surface area (Å²) < 4.78 is 65.6. The smallest absolute Gasteiger partial charge is 0.314 e. The summed E-state index contributed by atoms with van der Waals surface area (Å²) >= 11 is 5.90. The molecule has 5 nitrogen and oxygen atoms in total. The number of rotatable bonds is 3. The Morgan fingerprint density at radius 1 is 1.16 bits per heavy atom. The van der Waals surface area contributed by atoms with Crippen LogP contribution in [0.25, 0.3) is 0 Å². The summed E-state index contributed by atoms with van der Waals surface area (Å²) in [5, 5.41) is 3.04. The number of halogens is 4. The van der Waals surface area contributed by atoms with Crippen molar-refractivity contribution in [2.75, 3.05) is 39.3 Å². The number of alkyl halides is 3. The maximum Gasteiger partial charge on any atom is 0.416 e. The molecule has 0 saturated carbocycles. The van der Waals surface area contributed by atoms with E-state index in [9.17, 15) is 21.6 Å². The Hall–Kier alpha value is -0.870. The molecule has 140 valence electrons. The molecule has 1 unspecified atom stereocenters. The molecule has 2 saturated heterocycles. The molecule has 1 aromatic rings. The number of piperazine rings is 1. The highest BCUT2D eigenvalue weighted by Gasteiger charge is 2.38. The second-order valence-electron chi connectivity index (χ2n) is 6.23. The van der Waals surface area contributed by atoms with Gasteiger partial charge < -0.3 is 5.32 Å². The Bertz CT molecular complexity index is 736. The molecule has 1 aromatic carbocycles. The van der Waals surface area contributed by atoms with Crippen LogP contribution < -0.4 is 5.32 Å². The lowest BCUT2D eigenvalue weighted by Crippen LogP contribution is -2.49. The first-order valence-electron chi connectivity index (χ1n) is 8.01. The van der Waals surface area contributed by atoms with Gasteiger partial charge in [0, 0.05) is 45.3 Å². The number of benzene rings is 1. The van der Waals surface area contributed by atoms with E-state index in [4.69, 9.17) is 11.6 Å². The minimum Gasteiger partial charge on any atom is -0.314 e. The fourth-order valence-corrected chi connectivity index (χ4v) is 5.28. The van der Waals surface area contributed by atoms with Crippen LogP contribution in [-0.4, -0.2) is 62.9 Å². The number of hydrogen-bond acceptors (Lipinski definition) is 4. The van der Waals surface area contributed by atoms with Gasteiger partial charge in [0.25, 0.3) is 0 Å². The zero-order valence-electron chi connectivity index (χ0n) is 13.4. The first-order chi connectivity index (χ1) is 11.7. The van der Waals surface area contributed by atoms with Gasteiger partial charge in [-0.1, -0.05) is 11.6 Å². The lowest BCUT2D eigenvalue weighted by molar-refractivity contribution is -0.137. The fraction of sp³-hybridized carbons (Fsp3) is 0.600. The molecule has 1 N–H and O–H groups in total. The Morgan fingerprint density at radius 2 is 1.84 bits per heavy atom. The standard InChI is InChI=1S/C15H19ClF3N3O2S/c16-13-2-1-11(15(17,18)19)9-14(13)25(23,24)22-6-3-12(10-22)21-7-4-20-5-8-21/h1-2,9,12,20H,3-8,10H2. The molecule has 2 aliphatic rings. The highest BCUT2D eigenvalue weighted by molar-refractivity contribution is 7.89. The van der Waals surface area contributed by atoms with Gasteiger partial charge in [0.05, 0.1) is 10.6 Å². The highest BCUT2D eigenvalue weighted by atomic mass is 35.5. The van der Waals surface area contributed by atoms with E-state index in [1.165, 1.54) is 4.31 Å². The predicted octanol–water partition coefficient (Wildman–Crippen LogP) is 2.03. The third kappa shape index (κ3) is 3.95. The van der Waals surface area contributed by atoms with E-state index >= 15 is 0 Å². The van der Waals surface area contributed by atoms with Crippen LogP contribution in [0, 0.1) is 0 Å². The minimum absolute atomic E-state index is 0.0847. The Balaban J connectivity index is 1.82. The van der Waals surface area contributed by atoms with Crippen molar-refractivity contribution in [3.8, 4) is 0 Å². The van der Waals surface area contributed by atoms with Gasteiger partial charge in [0.15, 0.2) is 0 Å². The number of hydrogen-bond donors (Lipinski definition) is 1. The number of nitrogens with zero attached hydrogens (tertiary/aromatic N) is 2. The largest absolute Gasteiger partial charge is 0.416 e. The molecule has 0 bridgehead atoms. The molecule has 2 heterocycles. The lowest BCUT2D eigenvalue weighted by atomic mass is 10.2. The summed E-state index contributed by atoms with van der Waals surface area (Å²) in [5.41, 5.74) is -1.02. The van der Waals surface area contributed by atoms with Gasteiger partial charge in [-0.2, -0.15) is 17.5 Å². The average molecular weight is 398 g/mol. The normalized spacial score (nSPS) is 23.9. The summed E-state index contributed by atoms with van der Waals surface area (Å²) in [4.78, 5) is 1.74. The van der Waals surface area contributed by atoms with E-state index in [2.05, 4.69) is 10.2 Å². The molecule has 2 fully saturated rings. The molecule has 0 amide bonds. The number of nitrogens with one attached hydrogen (secondary N) is 1. The van der Waals surface area contributed by atoms with Crippen LogP contribution in [0.2, 0.25) is 5.02 Å². The molecule has 0 aliphatic carbocycles. The molecule has 0 aromatic heterocycles. The van der Waals surface area contributed by atoms with Crippen LogP contribution in [0.5, 0.6) is 0 Å². The van der Waals surface area contributed by atoms with Crippen molar-refractivity contribution in [2.45, 2.75) is 23.5 Å². The van der Waals surface area contributed by atoms with Gasteiger partial charge in [-0.3, -0.25) is 4.90 Å². The molecule has 10 heteroatoms. The summed E-state index contributed by atoms with van der Waals surface area (Å²) in [7, 11) is -4.06. The molecule has 25 heavy (non-hydrogen) atoms. The predicted molar refractivity (Wildman–Crippen MR) is 88.1 cm³/mol. The molecular formula is C15H19ClF3N3O2S. The monoisotopic (exact) mass is 397 g/mol. The van der Waals surface area contributed by atoms with Crippen LogP contribution in [0.3, 0.4) is 0 Å².